The molecule has 1 amide bonds. The van der Waals surface area contributed by atoms with Crippen LogP contribution in [0, 0.1) is 12.8 Å². The number of aromatic nitrogens is 1. The summed E-state index contributed by atoms with van der Waals surface area (Å²) in [6, 6.07) is 19.0. The summed E-state index contributed by atoms with van der Waals surface area (Å²) in [5, 5.41) is 2.89. The number of benzene rings is 2. The molecule has 1 heterocycles. The Morgan fingerprint density at radius 1 is 1.03 bits per heavy atom. The third-order valence-electron chi connectivity index (χ3n) is 5.26. The fourth-order valence-electron chi connectivity index (χ4n) is 3.33. The molecule has 0 radical (unpaired) electrons. The highest BCUT2D eigenvalue weighted by Crippen LogP contribution is 2.25. The van der Waals surface area contributed by atoms with E-state index >= 15 is 0 Å². The van der Waals surface area contributed by atoms with Gasteiger partial charge in [0, 0.05) is 19.1 Å². The summed E-state index contributed by atoms with van der Waals surface area (Å²) in [6.07, 6.45) is 1.45. The second kappa shape index (κ2) is 10.2. The number of nitrogens with one attached hydrogen (secondary N) is 1. The zero-order chi connectivity index (χ0) is 21.5. The Labute approximate surface area is 179 Å². The first kappa shape index (κ1) is 21.8. The van der Waals surface area contributed by atoms with Crippen LogP contribution in [0.2, 0.25) is 0 Å². The number of hydrogen-bond acceptors (Lipinski definition) is 4. The molecule has 1 atom stereocenters. The van der Waals surface area contributed by atoms with Crippen molar-refractivity contribution in [2.75, 3.05) is 6.54 Å². The van der Waals surface area contributed by atoms with Crippen LogP contribution in [-0.4, -0.2) is 22.3 Å². The fraction of sp³-hybridized carbons (Fsp3) is 0.360. The predicted molar refractivity (Wildman–Crippen MR) is 119 cm³/mol. The van der Waals surface area contributed by atoms with Gasteiger partial charge in [0.05, 0.1) is 6.54 Å². The molecular weight excluding hydrogens is 374 g/mol. The maximum atomic E-state index is 12.3. The molecule has 3 aromatic rings. The molecule has 0 saturated heterocycles. The summed E-state index contributed by atoms with van der Waals surface area (Å²) in [4.78, 5) is 19.1. The Hall–Kier alpha value is -2.92. The van der Waals surface area contributed by atoms with Gasteiger partial charge in [-0.25, -0.2) is 4.98 Å². The average Bonchev–Trinajstić information content (AvgIpc) is 3.22. The summed E-state index contributed by atoms with van der Waals surface area (Å²) < 4.78 is 5.66. The zero-order valence-corrected chi connectivity index (χ0v) is 18.3. The van der Waals surface area contributed by atoms with Crippen LogP contribution in [0.5, 0.6) is 0 Å². The van der Waals surface area contributed by atoms with Gasteiger partial charge < -0.3 is 9.73 Å². The molecule has 0 aliphatic carbocycles. The Morgan fingerprint density at radius 2 is 1.73 bits per heavy atom. The Kier molecular flexibility index (Phi) is 7.41. The van der Waals surface area contributed by atoms with Crippen molar-refractivity contribution in [2.45, 2.75) is 46.8 Å². The number of oxazole rings is 1. The summed E-state index contributed by atoms with van der Waals surface area (Å²) in [6.45, 7) is 10.3. The van der Waals surface area contributed by atoms with E-state index in [-0.39, 0.29) is 11.9 Å². The summed E-state index contributed by atoms with van der Waals surface area (Å²) in [5.74, 6) is 0.734. The van der Waals surface area contributed by atoms with Gasteiger partial charge in [-0.3, -0.25) is 9.69 Å². The van der Waals surface area contributed by atoms with Gasteiger partial charge in [-0.1, -0.05) is 68.4 Å². The highest BCUT2D eigenvalue weighted by molar-refractivity contribution is 5.91. The summed E-state index contributed by atoms with van der Waals surface area (Å²) >= 11 is 0. The van der Waals surface area contributed by atoms with E-state index in [9.17, 15) is 4.79 Å². The average molecular weight is 406 g/mol. The molecular formula is C25H31N3O2. The van der Waals surface area contributed by atoms with E-state index in [4.69, 9.17) is 4.42 Å². The van der Waals surface area contributed by atoms with Gasteiger partial charge in [0.15, 0.2) is 5.69 Å². The third kappa shape index (κ3) is 5.80. The molecule has 2 aromatic carbocycles. The Bertz CT molecular complexity index is 950. The molecule has 5 nitrogen and oxygen atoms in total. The first-order valence-corrected chi connectivity index (χ1v) is 10.5. The van der Waals surface area contributed by atoms with Crippen molar-refractivity contribution in [3.05, 3.63) is 89.1 Å². The minimum absolute atomic E-state index is 0.163. The van der Waals surface area contributed by atoms with Crippen LogP contribution in [0.4, 0.5) is 0 Å². The van der Waals surface area contributed by atoms with E-state index in [1.165, 1.54) is 23.0 Å². The lowest BCUT2D eigenvalue weighted by Gasteiger charge is -2.29. The molecule has 3 rings (SSSR count). The SMILES string of the molecule is Cc1ccccc1CN(Cc1nc(C(=O)NCC(C)C)co1)[C@H](C)c1ccccc1. The van der Waals surface area contributed by atoms with E-state index in [1.54, 1.807) is 0 Å². The van der Waals surface area contributed by atoms with E-state index in [2.05, 4.69) is 91.4 Å². The number of aryl methyl sites for hydroxylation is 1. The van der Waals surface area contributed by atoms with Crippen LogP contribution in [0.1, 0.15) is 59.9 Å². The summed E-state index contributed by atoms with van der Waals surface area (Å²) in [5.41, 5.74) is 4.08. The number of nitrogens with zero attached hydrogens (tertiary/aromatic N) is 2. The number of carbonyl (C=O) groups excluding carboxylic acids is 1. The second-order valence-corrected chi connectivity index (χ2v) is 8.15. The van der Waals surface area contributed by atoms with Crippen molar-refractivity contribution in [1.82, 2.24) is 15.2 Å². The lowest BCUT2D eigenvalue weighted by molar-refractivity contribution is 0.0944. The van der Waals surface area contributed by atoms with Crippen molar-refractivity contribution in [3.63, 3.8) is 0 Å². The number of amides is 1. The van der Waals surface area contributed by atoms with E-state index in [0.717, 1.165) is 6.54 Å². The van der Waals surface area contributed by atoms with Gasteiger partial charge >= 0.3 is 0 Å². The molecule has 0 aliphatic rings. The molecule has 0 aliphatic heterocycles. The van der Waals surface area contributed by atoms with Crippen molar-refractivity contribution < 1.29 is 9.21 Å². The molecule has 0 bridgehead atoms. The first-order valence-electron chi connectivity index (χ1n) is 10.5. The molecule has 5 heteroatoms. The predicted octanol–water partition coefficient (Wildman–Crippen LogP) is 5.13. The van der Waals surface area contributed by atoms with Crippen molar-refractivity contribution in [3.8, 4) is 0 Å². The van der Waals surface area contributed by atoms with E-state index in [1.807, 2.05) is 6.07 Å². The van der Waals surface area contributed by atoms with Gasteiger partial charge in [-0.15, -0.1) is 0 Å². The largest absolute Gasteiger partial charge is 0.447 e. The highest BCUT2D eigenvalue weighted by atomic mass is 16.3. The van der Waals surface area contributed by atoms with Gasteiger partial charge in [-0.05, 0) is 36.5 Å². The van der Waals surface area contributed by atoms with Crippen molar-refractivity contribution in [2.24, 2.45) is 5.92 Å². The normalized spacial score (nSPS) is 12.3. The lowest BCUT2D eigenvalue weighted by atomic mass is 10.0. The van der Waals surface area contributed by atoms with Crippen LogP contribution < -0.4 is 5.32 Å². The topological polar surface area (TPSA) is 58.4 Å². The zero-order valence-electron chi connectivity index (χ0n) is 18.3. The van der Waals surface area contributed by atoms with Crippen LogP contribution in [0.25, 0.3) is 0 Å². The molecule has 1 N–H and O–H groups in total. The van der Waals surface area contributed by atoms with Crippen LogP contribution >= 0.6 is 0 Å². The monoisotopic (exact) mass is 405 g/mol. The lowest BCUT2D eigenvalue weighted by Crippen LogP contribution is -2.28. The van der Waals surface area contributed by atoms with Crippen LogP contribution in [-0.2, 0) is 13.1 Å². The van der Waals surface area contributed by atoms with Gasteiger partial charge in [0.1, 0.15) is 6.26 Å². The maximum absolute atomic E-state index is 12.3. The highest BCUT2D eigenvalue weighted by Gasteiger charge is 2.21. The Morgan fingerprint density at radius 3 is 2.43 bits per heavy atom. The van der Waals surface area contributed by atoms with Crippen LogP contribution in [0.3, 0.4) is 0 Å². The first-order chi connectivity index (χ1) is 14.4. The van der Waals surface area contributed by atoms with Gasteiger partial charge in [0.25, 0.3) is 5.91 Å². The molecule has 1 aromatic heterocycles. The number of hydrogen-bond donors (Lipinski definition) is 1. The van der Waals surface area contributed by atoms with Crippen molar-refractivity contribution >= 4 is 5.91 Å². The molecule has 0 unspecified atom stereocenters. The molecule has 0 saturated carbocycles. The van der Waals surface area contributed by atoms with Crippen LogP contribution in [0.15, 0.2) is 65.3 Å². The number of rotatable bonds is 9. The second-order valence-electron chi connectivity index (χ2n) is 8.15. The molecule has 0 spiro atoms. The molecule has 0 fully saturated rings. The molecule has 30 heavy (non-hydrogen) atoms. The Balaban J connectivity index is 1.79. The van der Waals surface area contributed by atoms with E-state index < -0.39 is 0 Å². The van der Waals surface area contributed by atoms with Gasteiger partial charge in [-0.2, -0.15) is 0 Å². The summed E-state index contributed by atoms with van der Waals surface area (Å²) in [7, 11) is 0. The maximum Gasteiger partial charge on any atom is 0.273 e. The van der Waals surface area contributed by atoms with Crippen molar-refractivity contribution in [1.29, 1.82) is 0 Å². The third-order valence-corrected chi connectivity index (χ3v) is 5.26. The standard InChI is InChI=1S/C25H31N3O2/c1-18(2)14-26-25(29)23-17-30-24(27-23)16-28(15-22-13-9-8-10-19(22)3)20(4)21-11-6-5-7-12-21/h5-13,17-18,20H,14-16H2,1-4H3,(H,26,29)/t20-/m1/s1. The number of carbonyl (C=O) groups is 1. The van der Waals surface area contributed by atoms with E-state index in [0.29, 0.717) is 30.6 Å². The fourth-order valence-corrected chi connectivity index (χ4v) is 3.33. The smallest absolute Gasteiger partial charge is 0.273 e. The minimum atomic E-state index is -0.194. The quantitative estimate of drug-likeness (QED) is 0.536. The van der Waals surface area contributed by atoms with Gasteiger partial charge in [0.2, 0.25) is 5.89 Å². The minimum Gasteiger partial charge on any atom is -0.447 e. The molecule has 158 valence electrons.